The number of carbonyl (C=O) groups is 1. The summed E-state index contributed by atoms with van der Waals surface area (Å²) in [6.07, 6.45) is 2.33. The van der Waals surface area contributed by atoms with Gasteiger partial charge in [0.05, 0.1) is 6.54 Å². The predicted octanol–water partition coefficient (Wildman–Crippen LogP) is 3.48. The van der Waals surface area contributed by atoms with Crippen molar-refractivity contribution in [2.45, 2.75) is 25.8 Å². The van der Waals surface area contributed by atoms with E-state index in [1.54, 1.807) is 0 Å². The van der Waals surface area contributed by atoms with Gasteiger partial charge in [0, 0.05) is 37.9 Å². The summed E-state index contributed by atoms with van der Waals surface area (Å²) in [6.45, 7) is 7.16. The van der Waals surface area contributed by atoms with Crippen molar-refractivity contribution in [2.24, 2.45) is 0 Å². The third-order valence-corrected chi connectivity index (χ3v) is 5.89. The van der Waals surface area contributed by atoms with Gasteiger partial charge in [0.25, 0.3) is 0 Å². The largest absolute Gasteiger partial charge is 0.368 e. The second-order valence-corrected chi connectivity index (χ2v) is 7.75. The average molecular weight is 364 g/mol. The van der Waals surface area contributed by atoms with Crippen LogP contribution in [0.15, 0.2) is 54.6 Å². The van der Waals surface area contributed by atoms with E-state index in [1.807, 2.05) is 4.90 Å². The topological polar surface area (TPSA) is 26.8 Å². The van der Waals surface area contributed by atoms with Crippen molar-refractivity contribution in [1.82, 2.24) is 9.80 Å². The molecule has 1 unspecified atom stereocenters. The fourth-order valence-corrected chi connectivity index (χ4v) is 4.38. The highest BCUT2D eigenvalue weighted by molar-refractivity contribution is 5.78. The van der Waals surface area contributed by atoms with Crippen LogP contribution in [0, 0.1) is 6.92 Å². The van der Waals surface area contributed by atoms with E-state index in [-0.39, 0.29) is 5.91 Å². The Hall–Kier alpha value is -2.33. The number of hydrogen-bond acceptors (Lipinski definition) is 3. The van der Waals surface area contributed by atoms with E-state index in [9.17, 15) is 4.79 Å². The molecule has 0 bridgehead atoms. The van der Waals surface area contributed by atoms with Crippen LogP contribution in [0.2, 0.25) is 0 Å². The smallest absolute Gasteiger partial charge is 0.236 e. The van der Waals surface area contributed by atoms with Crippen LogP contribution in [-0.2, 0) is 4.79 Å². The zero-order valence-corrected chi connectivity index (χ0v) is 16.2. The van der Waals surface area contributed by atoms with E-state index in [1.165, 1.54) is 23.2 Å². The summed E-state index contributed by atoms with van der Waals surface area (Å²) in [6, 6.07) is 19.6. The number of carbonyl (C=O) groups excluding carboxylic acids is 1. The Morgan fingerprint density at radius 1 is 0.963 bits per heavy atom. The zero-order chi connectivity index (χ0) is 18.6. The lowest BCUT2D eigenvalue weighted by Gasteiger charge is -2.37. The number of nitrogens with zero attached hydrogens (tertiary/aromatic N) is 3. The number of piperazine rings is 1. The molecule has 27 heavy (non-hydrogen) atoms. The van der Waals surface area contributed by atoms with Gasteiger partial charge in [-0.2, -0.15) is 0 Å². The summed E-state index contributed by atoms with van der Waals surface area (Å²) >= 11 is 0. The Morgan fingerprint density at radius 2 is 1.74 bits per heavy atom. The highest BCUT2D eigenvalue weighted by Crippen LogP contribution is 2.31. The lowest BCUT2D eigenvalue weighted by molar-refractivity contribution is -0.133. The number of rotatable bonds is 4. The Morgan fingerprint density at radius 3 is 2.48 bits per heavy atom. The minimum atomic E-state index is 0.279. The molecule has 4 rings (SSSR count). The maximum Gasteiger partial charge on any atom is 0.236 e. The zero-order valence-electron chi connectivity index (χ0n) is 16.2. The van der Waals surface area contributed by atoms with Crippen LogP contribution in [0.25, 0.3) is 0 Å². The van der Waals surface area contributed by atoms with E-state index >= 15 is 0 Å². The van der Waals surface area contributed by atoms with Crippen molar-refractivity contribution < 1.29 is 4.79 Å². The summed E-state index contributed by atoms with van der Waals surface area (Å²) in [4.78, 5) is 19.7. The number of benzene rings is 2. The van der Waals surface area contributed by atoms with Crippen LogP contribution >= 0.6 is 0 Å². The van der Waals surface area contributed by atoms with Crippen molar-refractivity contribution in [1.29, 1.82) is 0 Å². The molecule has 2 aromatic carbocycles. The molecule has 2 saturated heterocycles. The first-order chi connectivity index (χ1) is 13.2. The van der Waals surface area contributed by atoms with E-state index < -0.39 is 0 Å². The molecule has 0 N–H and O–H groups in total. The first kappa shape index (κ1) is 18.1. The molecule has 0 radical (unpaired) electrons. The average Bonchev–Trinajstić information content (AvgIpc) is 3.17. The van der Waals surface area contributed by atoms with E-state index in [0.29, 0.717) is 12.6 Å². The second-order valence-electron chi connectivity index (χ2n) is 7.75. The molecule has 0 saturated carbocycles. The molecule has 0 aliphatic carbocycles. The van der Waals surface area contributed by atoms with Gasteiger partial charge in [-0.1, -0.05) is 42.5 Å². The predicted molar refractivity (Wildman–Crippen MR) is 110 cm³/mol. The van der Waals surface area contributed by atoms with Crippen LogP contribution in [-0.4, -0.2) is 55.0 Å². The van der Waals surface area contributed by atoms with Gasteiger partial charge in [0.15, 0.2) is 0 Å². The molecular weight excluding hydrogens is 334 g/mol. The standard InChI is InChI=1S/C23H29N3O/c1-19-7-5-10-21(17-19)24-13-15-25(16-14-24)23(27)18-26-12-6-11-22(26)20-8-3-2-4-9-20/h2-5,7-10,17,22H,6,11-16,18H2,1H3. The highest BCUT2D eigenvalue weighted by atomic mass is 16.2. The molecule has 1 amide bonds. The second kappa shape index (κ2) is 8.13. The molecule has 4 nitrogen and oxygen atoms in total. The third-order valence-electron chi connectivity index (χ3n) is 5.89. The lowest BCUT2D eigenvalue weighted by Crippen LogP contribution is -2.51. The number of hydrogen-bond donors (Lipinski definition) is 0. The highest BCUT2D eigenvalue weighted by Gasteiger charge is 2.30. The Balaban J connectivity index is 1.33. The Labute approximate surface area is 162 Å². The number of aryl methyl sites for hydroxylation is 1. The van der Waals surface area contributed by atoms with Crippen molar-refractivity contribution in [3.8, 4) is 0 Å². The fraction of sp³-hybridized carbons (Fsp3) is 0.435. The molecule has 0 aromatic heterocycles. The van der Waals surface area contributed by atoms with Gasteiger partial charge >= 0.3 is 0 Å². The Kier molecular flexibility index (Phi) is 5.44. The number of anilines is 1. The maximum atomic E-state index is 12.9. The molecule has 2 aliphatic heterocycles. The first-order valence-electron chi connectivity index (χ1n) is 10.1. The summed E-state index contributed by atoms with van der Waals surface area (Å²) in [5.74, 6) is 0.279. The molecule has 2 aromatic rings. The normalized spacial score (nSPS) is 20.9. The van der Waals surface area contributed by atoms with E-state index in [4.69, 9.17) is 0 Å². The lowest BCUT2D eigenvalue weighted by atomic mass is 10.0. The van der Waals surface area contributed by atoms with Gasteiger partial charge in [-0.25, -0.2) is 0 Å². The van der Waals surface area contributed by atoms with E-state index in [2.05, 4.69) is 71.3 Å². The molecule has 2 aliphatic rings. The van der Waals surface area contributed by atoms with Gasteiger partial charge in [-0.05, 0) is 49.6 Å². The van der Waals surface area contributed by atoms with Crippen molar-refractivity contribution in [2.75, 3.05) is 44.2 Å². The van der Waals surface area contributed by atoms with Crippen LogP contribution in [0.3, 0.4) is 0 Å². The first-order valence-corrected chi connectivity index (χ1v) is 10.1. The van der Waals surface area contributed by atoms with Crippen LogP contribution in [0.4, 0.5) is 5.69 Å². The number of likely N-dealkylation sites (tertiary alicyclic amines) is 1. The third kappa shape index (κ3) is 4.16. The minimum Gasteiger partial charge on any atom is -0.368 e. The van der Waals surface area contributed by atoms with Crippen LogP contribution < -0.4 is 4.90 Å². The van der Waals surface area contributed by atoms with Gasteiger partial charge < -0.3 is 9.80 Å². The van der Waals surface area contributed by atoms with Crippen LogP contribution in [0.1, 0.15) is 30.0 Å². The quantitative estimate of drug-likeness (QED) is 0.832. The Bertz CT molecular complexity index is 768. The summed E-state index contributed by atoms with van der Waals surface area (Å²) in [5.41, 5.74) is 3.89. The van der Waals surface area contributed by atoms with Gasteiger partial charge in [0.1, 0.15) is 0 Å². The molecule has 142 valence electrons. The van der Waals surface area contributed by atoms with Crippen LogP contribution in [0.5, 0.6) is 0 Å². The van der Waals surface area contributed by atoms with Crippen molar-refractivity contribution in [3.05, 3.63) is 65.7 Å². The summed E-state index contributed by atoms with van der Waals surface area (Å²) < 4.78 is 0. The molecule has 4 heteroatoms. The summed E-state index contributed by atoms with van der Waals surface area (Å²) in [5, 5.41) is 0. The fourth-order valence-electron chi connectivity index (χ4n) is 4.38. The summed E-state index contributed by atoms with van der Waals surface area (Å²) in [7, 11) is 0. The maximum absolute atomic E-state index is 12.9. The molecule has 1 atom stereocenters. The van der Waals surface area contributed by atoms with Gasteiger partial charge in [-0.3, -0.25) is 9.69 Å². The van der Waals surface area contributed by atoms with Gasteiger partial charge in [-0.15, -0.1) is 0 Å². The minimum absolute atomic E-state index is 0.279. The van der Waals surface area contributed by atoms with Gasteiger partial charge in [0.2, 0.25) is 5.91 Å². The van der Waals surface area contributed by atoms with E-state index in [0.717, 1.165) is 39.1 Å². The van der Waals surface area contributed by atoms with Crippen molar-refractivity contribution in [3.63, 3.8) is 0 Å². The number of amides is 1. The van der Waals surface area contributed by atoms with Crippen molar-refractivity contribution >= 4 is 11.6 Å². The molecular formula is C23H29N3O. The molecule has 0 spiro atoms. The monoisotopic (exact) mass is 363 g/mol. The molecule has 2 heterocycles. The molecule has 2 fully saturated rings. The SMILES string of the molecule is Cc1cccc(N2CCN(C(=O)CN3CCCC3c3ccccc3)CC2)c1.